The van der Waals surface area contributed by atoms with Crippen LogP contribution in [0.4, 0.5) is 5.69 Å². The van der Waals surface area contributed by atoms with Crippen molar-refractivity contribution in [3.63, 3.8) is 0 Å². The van der Waals surface area contributed by atoms with Crippen molar-refractivity contribution in [2.24, 2.45) is 5.92 Å². The van der Waals surface area contributed by atoms with E-state index in [0.717, 1.165) is 35.6 Å². The molecule has 0 radical (unpaired) electrons. The van der Waals surface area contributed by atoms with Crippen LogP contribution < -0.4 is 5.32 Å². The Morgan fingerprint density at radius 3 is 2.65 bits per heavy atom. The molecule has 1 atom stereocenters. The summed E-state index contributed by atoms with van der Waals surface area (Å²) in [4.78, 5) is 38.5. The van der Waals surface area contributed by atoms with Crippen LogP contribution in [0.25, 0.3) is 5.65 Å². The zero-order chi connectivity index (χ0) is 24.4. The lowest BCUT2D eigenvalue weighted by Crippen LogP contribution is -2.53. The lowest BCUT2D eigenvalue weighted by Gasteiger charge is -2.40. The lowest BCUT2D eigenvalue weighted by atomic mass is 10.1. The van der Waals surface area contributed by atoms with E-state index in [4.69, 9.17) is 0 Å². The molecule has 180 valence electrons. The first-order valence-corrected chi connectivity index (χ1v) is 11.8. The van der Waals surface area contributed by atoms with Crippen LogP contribution in [-0.2, 0) is 11.3 Å². The van der Waals surface area contributed by atoms with Crippen LogP contribution in [0.2, 0.25) is 0 Å². The maximum Gasteiger partial charge on any atom is 0.257 e. The maximum atomic E-state index is 12.8. The Hall–Kier alpha value is -3.33. The minimum Gasteiger partial charge on any atom is -0.337 e. The van der Waals surface area contributed by atoms with E-state index in [2.05, 4.69) is 46.1 Å². The Morgan fingerprint density at radius 2 is 1.97 bits per heavy atom. The summed E-state index contributed by atoms with van der Waals surface area (Å²) in [6, 6.07) is 3.73. The van der Waals surface area contributed by atoms with E-state index in [-0.39, 0.29) is 17.9 Å². The minimum atomic E-state index is -0.216. The Balaban J connectivity index is 1.53. The largest absolute Gasteiger partial charge is 0.337 e. The van der Waals surface area contributed by atoms with E-state index in [1.54, 1.807) is 23.0 Å². The van der Waals surface area contributed by atoms with Crippen molar-refractivity contribution >= 4 is 23.1 Å². The standard InChI is InChI=1S/C25H33N7O2/c1-16(2)10-23(33)31-9-8-30(12-18(31)4)13-21-19(5)22(14-32-24(21)27-15-28-32)29-25(34)20-7-6-17(3)26-11-20/h6-7,11,14-16,18H,8-10,12-13H2,1-5H3,(H,29,34)/t18-/m0/s1. The molecule has 4 heterocycles. The number of carbonyl (C=O) groups is 2. The van der Waals surface area contributed by atoms with Crippen LogP contribution in [0.15, 0.2) is 30.9 Å². The number of anilines is 1. The number of carbonyl (C=O) groups excluding carboxylic acids is 2. The van der Waals surface area contributed by atoms with Gasteiger partial charge in [-0.25, -0.2) is 9.50 Å². The monoisotopic (exact) mass is 463 g/mol. The summed E-state index contributed by atoms with van der Waals surface area (Å²) in [7, 11) is 0. The molecule has 1 aliphatic rings. The number of amides is 2. The maximum absolute atomic E-state index is 12.8. The van der Waals surface area contributed by atoms with Crippen molar-refractivity contribution in [2.45, 2.75) is 53.6 Å². The van der Waals surface area contributed by atoms with Gasteiger partial charge in [-0.05, 0) is 44.4 Å². The number of fused-ring (bicyclic) bond motifs is 1. The number of hydrogen-bond acceptors (Lipinski definition) is 6. The van der Waals surface area contributed by atoms with Gasteiger partial charge in [0.15, 0.2) is 5.65 Å². The number of aryl methyl sites for hydroxylation is 1. The second kappa shape index (κ2) is 9.89. The summed E-state index contributed by atoms with van der Waals surface area (Å²) in [6.07, 6.45) is 5.49. The van der Waals surface area contributed by atoms with Gasteiger partial charge in [0, 0.05) is 56.1 Å². The van der Waals surface area contributed by atoms with E-state index >= 15 is 0 Å². The van der Waals surface area contributed by atoms with Crippen LogP contribution in [0.5, 0.6) is 0 Å². The van der Waals surface area contributed by atoms with E-state index in [1.165, 1.54) is 6.33 Å². The highest BCUT2D eigenvalue weighted by Gasteiger charge is 2.28. The molecule has 9 heteroatoms. The molecule has 0 bridgehead atoms. The van der Waals surface area contributed by atoms with Crippen LogP contribution in [0.3, 0.4) is 0 Å². The van der Waals surface area contributed by atoms with Crippen LogP contribution >= 0.6 is 0 Å². The fourth-order valence-corrected chi connectivity index (χ4v) is 4.46. The summed E-state index contributed by atoms with van der Waals surface area (Å²) in [5, 5.41) is 7.33. The summed E-state index contributed by atoms with van der Waals surface area (Å²) < 4.78 is 1.71. The van der Waals surface area contributed by atoms with Crippen molar-refractivity contribution in [3.8, 4) is 0 Å². The normalized spacial score (nSPS) is 16.9. The van der Waals surface area contributed by atoms with Gasteiger partial charge < -0.3 is 10.2 Å². The molecule has 0 saturated carbocycles. The third-order valence-electron chi connectivity index (χ3n) is 6.37. The number of hydrogen-bond donors (Lipinski definition) is 1. The summed E-state index contributed by atoms with van der Waals surface area (Å²) in [5.74, 6) is 0.371. The first-order chi connectivity index (χ1) is 16.2. The Kier molecular flexibility index (Phi) is 6.92. The SMILES string of the molecule is Cc1ccc(C(=O)Nc2cn3ncnc3c(CN3CCN(C(=O)CC(C)C)[C@@H](C)C3)c2C)cn1. The average molecular weight is 464 g/mol. The number of nitrogens with one attached hydrogen (secondary N) is 1. The highest BCUT2D eigenvalue weighted by atomic mass is 16.2. The fourth-order valence-electron chi connectivity index (χ4n) is 4.46. The van der Waals surface area contributed by atoms with E-state index in [1.807, 2.05) is 24.8 Å². The molecule has 9 nitrogen and oxygen atoms in total. The molecule has 0 aromatic carbocycles. The summed E-state index contributed by atoms with van der Waals surface area (Å²) >= 11 is 0. The quantitative estimate of drug-likeness (QED) is 0.604. The second-order valence-electron chi connectivity index (χ2n) is 9.59. The van der Waals surface area contributed by atoms with E-state index < -0.39 is 0 Å². The van der Waals surface area contributed by atoms with Crippen molar-refractivity contribution in [2.75, 3.05) is 25.0 Å². The van der Waals surface area contributed by atoms with Gasteiger partial charge in [0.1, 0.15) is 6.33 Å². The number of nitrogens with zero attached hydrogens (tertiary/aromatic N) is 6. The molecule has 1 aliphatic heterocycles. The molecular weight excluding hydrogens is 430 g/mol. The topological polar surface area (TPSA) is 95.7 Å². The van der Waals surface area contributed by atoms with Crippen molar-refractivity contribution in [1.82, 2.24) is 29.4 Å². The number of pyridine rings is 2. The smallest absolute Gasteiger partial charge is 0.257 e. The number of rotatable bonds is 6. The highest BCUT2D eigenvalue weighted by molar-refractivity contribution is 6.04. The molecule has 1 N–H and O–H groups in total. The second-order valence-corrected chi connectivity index (χ2v) is 9.59. The van der Waals surface area contributed by atoms with Gasteiger partial charge in [-0.1, -0.05) is 13.8 Å². The van der Waals surface area contributed by atoms with Gasteiger partial charge in [0.05, 0.1) is 17.4 Å². The third-order valence-corrected chi connectivity index (χ3v) is 6.37. The van der Waals surface area contributed by atoms with Gasteiger partial charge in [0.25, 0.3) is 5.91 Å². The summed E-state index contributed by atoms with van der Waals surface area (Å²) in [5.41, 5.74) is 4.81. The first kappa shape index (κ1) is 23.8. The molecule has 34 heavy (non-hydrogen) atoms. The third kappa shape index (κ3) is 5.09. The molecule has 0 spiro atoms. The molecule has 1 saturated heterocycles. The van der Waals surface area contributed by atoms with E-state index in [0.29, 0.717) is 36.7 Å². The van der Waals surface area contributed by atoms with Gasteiger partial charge >= 0.3 is 0 Å². The molecular formula is C25H33N7O2. The lowest BCUT2D eigenvalue weighted by molar-refractivity contribution is -0.136. The Bertz CT molecular complexity index is 1190. The zero-order valence-electron chi connectivity index (χ0n) is 20.6. The van der Waals surface area contributed by atoms with Gasteiger partial charge in [-0.3, -0.25) is 19.5 Å². The van der Waals surface area contributed by atoms with Crippen LogP contribution in [0.1, 0.15) is 54.4 Å². The minimum absolute atomic E-state index is 0.145. The van der Waals surface area contributed by atoms with Gasteiger partial charge in [-0.2, -0.15) is 5.10 Å². The average Bonchev–Trinajstić information content (AvgIpc) is 3.24. The molecule has 2 amide bonds. The van der Waals surface area contributed by atoms with Crippen molar-refractivity contribution in [3.05, 3.63) is 53.2 Å². The Labute approximate surface area is 200 Å². The van der Waals surface area contributed by atoms with Gasteiger partial charge in [0.2, 0.25) is 5.91 Å². The molecule has 4 rings (SSSR count). The number of aromatic nitrogens is 4. The highest BCUT2D eigenvalue weighted by Crippen LogP contribution is 2.26. The molecule has 1 fully saturated rings. The van der Waals surface area contributed by atoms with Crippen LogP contribution in [-0.4, -0.2) is 66.9 Å². The van der Waals surface area contributed by atoms with Crippen molar-refractivity contribution < 1.29 is 9.59 Å². The fraction of sp³-hybridized carbons (Fsp3) is 0.480. The summed E-state index contributed by atoms with van der Waals surface area (Å²) in [6.45, 7) is 13.1. The van der Waals surface area contributed by atoms with Gasteiger partial charge in [-0.15, -0.1) is 0 Å². The number of piperazine rings is 1. The van der Waals surface area contributed by atoms with Crippen molar-refractivity contribution in [1.29, 1.82) is 0 Å². The Morgan fingerprint density at radius 1 is 1.18 bits per heavy atom. The molecule has 3 aromatic rings. The molecule has 0 aliphatic carbocycles. The molecule has 3 aromatic heterocycles. The predicted molar refractivity (Wildman–Crippen MR) is 131 cm³/mol. The van der Waals surface area contributed by atoms with E-state index in [9.17, 15) is 9.59 Å². The first-order valence-electron chi connectivity index (χ1n) is 11.8. The molecule has 0 unspecified atom stereocenters. The van der Waals surface area contributed by atoms with Crippen LogP contribution in [0, 0.1) is 19.8 Å². The zero-order valence-corrected chi connectivity index (χ0v) is 20.6. The predicted octanol–water partition coefficient (Wildman–Crippen LogP) is 3.07.